The minimum Gasteiger partial charge on any atom is -0.478 e. The summed E-state index contributed by atoms with van der Waals surface area (Å²) in [4.78, 5) is 24.1. The maximum atomic E-state index is 11.7. The van der Waals surface area contributed by atoms with Crippen LogP contribution in [0, 0.1) is 6.92 Å². The number of carbonyl (C=O) groups is 2. The maximum Gasteiger partial charge on any atom is 0.335 e. The number of carboxylic acid groups (broad SMARTS) is 1. The second-order valence-electron chi connectivity index (χ2n) is 4.27. The molecule has 0 radical (unpaired) electrons. The number of hydrogen-bond acceptors (Lipinski definition) is 3. The van der Waals surface area contributed by atoms with Gasteiger partial charge in [0.2, 0.25) is 5.91 Å². The summed E-state index contributed by atoms with van der Waals surface area (Å²) in [5.41, 5.74) is 7.46. The average molecular weight is 234 g/mol. The van der Waals surface area contributed by atoms with Crippen molar-refractivity contribution >= 4 is 17.6 Å². The molecule has 3 N–H and O–H groups in total. The van der Waals surface area contributed by atoms with Crippen LogP contribution in [0.25, 0.3) is 0 Å². The lowest BCUT2D eigenvalue weighted by Crippen LogP contribution is -2.28. The Hall–Kier alpha value is -1.88. The molecule has 1 aliphatic rings. The standard InChI is InChI=1S/C12H14N2O3/c1-7-4-8(12(16)17)2-3-10(7)14-6-9(13)5-11(14)15/h2-4,9H,5-6,13H2,1H3,(H,16,17). The van der Waals surface area contributed by atoms with Crippen LogP contribution in [0.5, 0.6) is 0 Å². The molecular weight excluding hydrogens is 220 g/mol. The maximum absolute atomic E-state index is 11.7. The van der Waals surface area contributed by atoms with E-state index in [-0.39, 0.29) is 17.5 Å². The highest BCUT2D eigenvalue weighted by molar-refractivity contribution is 5.97. The molecule has 90 valence electrons. The van der Waals surface area contributed by atoms with Gasteiger partial charge < -0.3 is 15.7 Å². The van der Waals surface area contributed by atoms with E-state index >= 15 is 0 Å². The normalized spacial score (nSPS) is 19.8. The van der Waals surface area contributed by atoms with Crippen LogP contribution >= 0.6 is 0 Å². The zero-order valence-corrected chi connectivity index (χ0v) is 9.51. The summed E-state index contributed by atoms with van der Waals surface area (Å²) in [6, 6.07) is 4.59. The molecule has 0 spiro atoms. The third-order valence-electron chi connectivity index (χ3n) is 2.89. The van der Waals surface area contributed by atoms with E-state index in [0.29, 0.717) is 13.0 Å². The molecule has 0 aliphatic carbocycles. The minimum absolute atomic E-state index is 0.0105. The molecule has 5 nitrogen and oxygen atoms in total. The highest BCUT2D eigenvalue weighted by atomic mass is 16.4. The van der Waals surface area contributed by atoms with Crippen molar-refractivity contribution in [3.8, 4) is 0 Å². The Morgan fingerprint density at radius 1 is 1.53 bits per heavy atom. The third kappa shape index (κ3) is 2.14. The number of carboxylic acids is 1. The zero-order chi connectivity index (χ0) is 12.6. The molecular formula is C12H14N2O3. The van der Waals surface area contributed by atoms with Crippen molar-refractivity contribution < 1.29 is 14.7 Å². The predicted octanol–water partition coefficient (Wildman–Crippen LogP) is 0.757. The van der Waals surface area contributed by atoms with Gasteiger partial charge >= 0.3 is 5.97 Å². The lowest BCUT2D eigenvalue weighted by atomic mass is 10.1. The summed E-state index contributed by atoms with van der Waals surface area (Å²) in [6.45, 7) is 2.28. The van der Waals surface area contributed by atoms with Crippen LogP contribution in [0.2, 0.25) is 0 Å². The summed E-state index contributed by atoms with van der Waals surface area (Å²) in [5, 5.41) is 8.86. The first-order valence-corrected chi connectivity index (χ1v) is 5.39. The molecule has 1 saturated heterocycles. The molecule has 1 atom stereocenters. The number of aromatic carboxylic acids is 1. The van der Waals surface area contributed by atoms with Crippen LogP contribution in [0.3, 0.4) is 0 Å². The van der Waals surface area contributed by atoms with E-state index in [2.05, 4.69) is 0 Å². The van der Waals surface area contributed by atoms with Crippen LogP contribution in [-0.2, 0) is 4.79 Å². The number of nitrogens with two attached hydrogens (primary N) is 1. The number of nitrogens with zero attached hydrogens (tertiary/aromatic N) is 1. The number of benzene rings is 1. The van der Waals surface area contributed by atoms with Gasteiger partial charge in [-0.3, -0.25) is 4.79 Å². The average Bonchev–Trinajstić information content (AvgIpc) is 2.57. The van der Waals surface area contributed by atoms with E-state index < -0.39 is 5.97 Å². The van der Waals surface area contributed by atoms with E-state index in [9.17, 15) is 9.59 Å². The molecule has 1 fully saturated rings. The highest BCUT2D eigenvalue weighted by Gasteiger charge is 2.28. The van der Waals surface area contributed by atoms with Crippen LogP contribution in [0.15, 0.2) is 18.2 Å². The molecule has 0 aromatic heterocycles. The van der Waals surface area contributed by atoms with Crippen LogP contribution in [0.4, 0.5) is 5.69 Å². The molecule has 17 heavy (non-hydrogen) atoms. The fraction of sp³-hybridized carbons (Fsp3) is 0.333. The second-order valence-corrected chi connectivity index (χ2v) is 4.27. The van der Waals surface area contributed by atoms with Gasteiger partial charge in [0.05, 0.1) is 5.56 Å². The summed E-state index contributed by atoms with van der Waals surface area (Å²) >= 11 is 0. The van der Waals surface area contributed by atoms with Gasteiger partial charge in [-0.15, -0.1) is 0 Å². The molecule has 1 amide bonds. The van der Waals surface area contributed by atoms with Gasteiger partial charge in [-0.1, -0.05) is 0 Å². The lowest BCUT2D eigenvalue weighted by molar-refractivity contribution is -0.117. The summed E-state index contributed by atoms with van der Waals surface area (Å²) < 4.78 is 0. The van der Waals surface area contributed by atoms with Crippen molar-refractivity contribution in [3.63, 3.8) is 0 Å². The monoisotopic (exact) mass is 234 g/mol. The van der Waals surface area contributed by atoms with E-state index in [1.54, 1.807) is 24.0 Å². The van der Waals surface area contributed by atoms with Crippen molar-refractivity contribution in [2.75, 3.05) is 11.4 Å². The molecule has 0 saturated carbocycles. The molecule has 1 aromatic rings. The third-order valence-corrected chi connectivity index (χ3v) is 2.89. The van der Waals surface area contributed by atoms with Gasteiger partial charge in [-0.25, -0.2) is 4.79 Å². The largest absolute Gasteiger partial charge is 0.478 e. The van der Waals surface area contributed by atoms with Crippen molar-refractivity contribution in [1.29, 1.82) is 0 Å². The van der Waals surface area contributed by atoms with Crippen LogP contribution in [-0.4, -0.2) is 29.6 Å². The van der Waals surface area contributed by atoms with Gasteiger partial charge in [-0.2, -0.15) is 0 Å². The molecule has 1 heterocycles. The van der Waals surface area contributed by atoms with E-state index in [1.165, 1.54) is 6.07 Å². The van der Waals surface area contributed by atoms with Crippen molar-refractivity contribution in [2.45, 2.75) is 19.4 Å². The fourth-order valence-electron chi connectivity index (χ4n) is 2.06. The van der Waals surface area contributed by atoms with E-state index in [4.69, 9.17) is 10.8 Å². The van der Waals surface area contributed by atoms with Gasteiger partial charge in [0.15, 0.2) is 0 Å². The molecule has 0 bridgehead atoms. The number of carbonyl (C=O) groups excluding carboxylic acids is 1. The highest BCUT2D eigenvalue weighted by Crippen LogP contribution is 2.25. The molecule has 2 rings (SSSR count). The first-order chi connectivity index (χ1) is 7.99. The van der Waals surface area contributed by atoms with Crippen molar-refractivity contribution in [2.24, 2.45) is 5.73 Å². The quantitative estimate of drug-likeness (QED) is 0.791. The lowest BCUT2D eigenvalue weighted by Gasteiger charge is -2.18. The molecule has 1 aliphatic heterocycles. The first kappa shape index (κ1) is 11.6. The number of aryl methyl sites for hydroxylation is 1. The van der Waals surface area contributed by atoms with Gasteiger partial charge in [0.1, 0.15) is 0 Å². The number of anilines is 1. The Labute approximate surface area is 98.8 Å². The summed E-state index contributed by atoms with van der Waals surface area (Å²) in [7, 11) is 0. The first-order valence-electron chi connectivity index (χ1n) is 5.39. The van der Waals surface area contributed by atoms with Gasteiger partial charge in [-0.05, 0) is 30.7 Å². The second kappa shape index (κ2) is 4.18. The fourth-order valence-corrected chi connectivity index (χ4v) is 2.06. The van der Waals surface area contributed by atoms with Gasteiger partial charge in [0, 0.05) is 24.7 Å². The summed E-state index contributed by atoms with van der Waals surface area (Å²) in [5.74, 6) is -0.979. The summed E-state index contributed by atoms with van der Waals surface area (Å²) in [6.07, 6.45) is 0.347. The topological polar surface area (TPSA) is 83.6 Å². The predicted molar refractivity (Wildman–Crippen MR) is 63.1 cm³/mol. The Kier molecular flexibility index (Phi) is 2.85. The number of amides is 1. The number of hydrogen-bond donors (Lipinski definition) is 2. The van der Waals surface area contributed by atoms with E-state index in [0.717, 1.165) is 11.3 Å². The Balaban J connectivity index is 2.34. The SMILES string of the molecule is Cc1cc(C(=O)O)ccc1N1CC(N)CC1=O. The van der Waals surface area contributed by atoms with Crippen LogP contribution in [0.1, 0.15) is 22.3 Å². The molecule has 5 heteroatoms. The smallest absolute Gasteiger partial charge is 0.335 e. The minimum atomic E-state index is -0.968. The number of rotatable bonds is 2. The van der Waals surface area contributed by atoms with Crippen molar-refractivity contribution in [1.82, 2.24) is 0 Å². The Morgan fingerprint density at radius 3 is 2.71 bits per heavy atom. The molecule has 1 unspecified atom stereocenters. The Morgan fingerprint density at radius 2 is 2.24 bits per heavy atom. The Bertz CT molecular complexity index is 485. The molecule has 1 aromatic carbocycles. The van der Waals surface area contributed by atoms with Gasteiger partial charge in [0.25, 0.3) is 0 Å². The van der Waals surface area contributed by atoms with Crippen LogP contribution < -0.4 is 10.6 Å². The van der Waals surface area contributed by atoms with Crippen molar-refractivity contribution in [3.05, 3.63) is 29.3 Å². The van der Waals surface area contributed by atoms with E-state index in [1.807, 2.05) is 0 Å². The zero-order valence-electron chi connectivity index (χ0n) is 9.51.